The van der Waals surface area contributed by atoms with E-state index in [2.05, 4.69) is 6.58 Å². The van der Waals surface area contributed by atoms with E-state index in [9.17, 15) is 28.2 Å². The minimum Gasteiger partial charge on any atom is -0.547 e. The minimum atomic E-state index is -5.32. The summed E-state index contributed by atoms with van der Waals surface area (Å²) in [6, 6.07) is 6.44. The number of rotatable bonds is 5. The summed E-state index contributed by atoms with van der Waals surface area (Å²) in [4.78, 5) is 10.8. The molecule has 0 fully saturated rings. The predicted octanol–water partition coefficient (Wildman–Crippen LogP) is 2.04. The molecule has 6 heteroatoms. The number of alkyl halides is 3. The van der Waals surface area contributed by atoms with Gasteiger partial charge in [0.25, 0.3) is 0 Å². The molecule has 116 valence electrons. The molecule has 0 aliphatic heterocycles. The highest BCUT2D eigenvalue weighted by Gasteiger charge is 2.57. The Morgan fingerprint density at radius 3 is 2.10 bits per heavy atom. The number of carboxylic acid groups (broad SMARTS) is 1. The van der Waals surface area contributed by atoms with Crippen molar-refractivity contribution in [3.8, 4) is 0 Å². The zero-order valence-corrected chi connectivity index (χ0v) is 11.7. The second-order valence-corrected chi connectivity index (χ2v) is 5.53. The molecular weight excluding hydrogens is 285 g/mol. The number of hydrogen-bond acceptors (Lipinski definition) is 3. The normalized spacial score (nSPS) is 15.3. The summed E-state index contributed by atoms with van der Waals surface area (Å²) in [5.74, 6) is -2.55. The van der Waals surface area contributed by atoms with Crippen molar-refractivity contribution < 1.29 is 28.2 Å². The van der Waals surface area contributed by atoms with E-state index in [0.717, 1.165) is 5.56 Å². The first kappa shape index (κ1) is 17.2. The van der Waals surface area contributed by atoms with Crippen molar-refractivity contribution in [2.45, 2.75) is 37.5 Å². The molecule has 1 aromatic rings. The van der Waals surface area contributed by atoms with Crippen LogP contribution < -0.4 is 5.11 Å². The highest BCUT2D eigenvalue weighted by Crippen LogP contribution is 2.40. The topological polar surface area (TPSA) is 60.4 Å². The lowest BCUT2D eigenvalue weighted by molar-refractivity contribution is -0.356. The first-order valence-corrected chi connectivity index (χ1v) is 6.17. The van der Waals surface area contributed by atoms with E-state index < -0.39 is 29.6 Å². The van der Waals surface area contributed by atoms with E-state index in [-0.39, 0.29) is 0 Å². The van der Waals surface area contributed by atoms with Gasteiger partial charge in [0, 0.05) is 0 Å². The zero-order valence-electron chi connectivity index (χ0n) is 11.7. The van der Waals surface area contributed by atoms with Crippen LogP contribution in [0.1, 0.15) is 31.4 Å². The van der Waals surface area contributed by atoms with E-state index in [0.29, 0.717) is 5.56 Å². The number of aliphatic hydroxyl groups is 1. The maximum atomic E-state index is 12.8. The highest BCUT2D eigenvalue weighted by atomic mass is 19.4. The van der Waals surface area contributed by atoms with E-state index >= 15 is 0 Å². The average Bonchev–Trinajstić information content (AvgIpc) is 2.36. The summed E-state index contributed by atoms with van der Waals surface area (Å²) >= 11 is 0. The SMILES string of the molecule is C=Cc1ccc(C(C)(C)CC(O)(C(=O)[O-])C(F)(F)F)cc1. The van der Waals surface area contributed by atoms with Crippen molar-refractivity contribution in [2.75, 3.05) is 0 Å². The van der Waals surface area contributed by atoms with Gasteiger partial charge in [-0.25, -0.2) is 0 Å². The second kappa shape index (κ2) is 5.52. The minimum absolute atomic E-state index is 0.469. The standard InChI is InChI=1S/C15H17F3O3/c1-4-10-5-7-11(8-6-10)13(2,3)9-14(21,12(19)20)15(16,17)18/h4-8,21H,1,9H2,2-3H3,(H,19,20)/p-1. The molecule has 0 amide bonds. The van der Waals surface area contributed by atoms with Gasteiger partial charge in [0.15, 0.2) is 0 Å². The number of benzene rings is 1. The smallest absolute Gasteiger partial charge is 0.422 e. The van der Waals surface area contributed by atoms with E-state index in [4.69, 9.17) is 0 Å². The van der Waals surface area contributed by atoms with Crippen LogP contribution in [-0.2, 0) is 10.2 Å². The Balaban J connectivity index is 3.17. The molecule has 1 unspecified atom stereocenters. The number of carbonyl (C=O) groups excluding carboxylic acids is 1. The van der Waals surface area contributed by atoms with Crippen LogP contribution >= 0.6 is 0 Å². The summed E-state index contributed by atoms with van der Waals surface area (Å²) in [7, 11) is 0. The monoisotopic (exact) mass is 301 g/mol. The Labute approximate surface area is 120 Å². The second-order valence-electron chi connectivity index (χ2n) is 5.53. The van der Waals surface area contributed by atoms with Gasteiger partial charge >= 0.3 is 6.18 Å². The molecule has 0 heterocycles. The van der Waals surface area contributed by atoms with Crippen LogP contribution in [0.3, 0.4) is 0 Å². The van der Waals surface area contributed by atoms with Crippen molar-refractivity contribution in [2.24, 2.45) is 0 Å². The van der Waals surface area contributed by atoms with Crippen LogP contribution in [0.5, 0.6) is 0 Å². The van der Waals surface area contributed by atoms with Gasteiger partial charge in [-0.3, -0.25) is 0 Å². The lowest BCUT2D eigenvalue weighted by Crippen LogP contribution is -2.60. The Kier molecular flexibility index (Phi) is 4.53. The Hall–Kier alpha value is -1.82. The lowest BCUT2D eigenvalue weighted by atomic mass is 9.74. The largest absolute Gasteiger partial charge is 0.547 e. The molecule has 1 atom stereocenters. The molecule has 0 aliphatic carbocycles. The third-order valence-electron chi connectivity index (χ3n) is 3.43. The van der Waals surface area contributed by atoms with Crippen LogP contribution in [0.25, 0.3) is 6.08 Å². The summed E-state index contributed by atoms with van der Waals surface area (Å²) < 4.78 is 38.5. The molecule has 0 radical (unpaired) electrons. The fraction of sp³-hybridized carbons (Fsp3) is 0.400. The third-order valence-corrected chi connectivity index (χ3v) is 3.43. The summed E-state index contributed by atoms with van der Waals surface area (Å²) in [5.41, 5.74) is -3.87. The van der Waals surface area contributed by atoms with Crippen molar-refractivity contribution >= 4 is 12.0 Å². The average molecular weight is 301 g/mol. The fourth-order valence-electron chi connectivity index (χ4n) is 2.10. The number of carboxylic acids is 1. The number of carbonyl (C=O) groups is 1. The zero-order chi connectivity index (χ0) is 16.5. The maximum Gasteiger partial charge on any atom is 0.422 e. The first-order chi connectivity index (χ1) is 9.44. The molecule has 0 bridgehead atoms. The van der Waals surface area contributed by atoms with Crippen LogP contribution in [0.2, 0.25) is 0 Å². The summed E-state index contributed by atoms with van der Waals surface area (Å²) in [6.07, 6.45) is -4.78. The van der Waals surface area contributed by atoms with Gasteiger partial charge < -0.3 is 15.0 Å². The Morgan fingerprint density at radius 1 is 1.29 bits per heavy atom. The molecular formula is C15H16F3O3-. The van der Waals surface area contributed by atoms with Crippen LogP contribution in [-0.4, -0.2) is 22.9 Å². The number of aliphatic carboxylic acids is 1. The predicted molar refractivity (Wildman–Crippen MR) is 70.2 cm³/mol. The lowest BCUT2D eigenvalue weighted by Gasteiger charge is -2.38. The van der Waals surface area contributed by atoms with Gasteiger partial charge in [-0.2, -0.15) is 13.2 Å². The van der Waals surface area contributed by atoms with Crippen LogP contribution in [0, 0.1) is 0 Å². The quantitative estimate of drug-likeness (QED) is 0.905. The molecule has 3 nitrogen and oxygen atoms in total. The van der Waals surface area contributed by atoms with Gasteiger partial charge in [0.1, 0.15) is 0 Å². The molecule has 21 heavy (non-hydrogen) atoms. The van der Waals surface area contributed by atoms with E-state index in [1.54, 1.807) is 30.3 Å². The molecule has 1 rings (SSSR count). The van der Waals surface area contributed by atoms with Gasteiger partial charge in [0.2, 0.25) is 5.60 Å². The number of hydrogen-bond donors (Lipinski definition) is 1. The fourth-order valence-corrected chi connectivity index (χ4v) is 2.10. The molecule has 1 aromatic carbocycles. The third kappa shape index (κ3) is 3.44. The Morgan fingerprint density at radius 2 is 1.76 bits per heavy atom. The van der Waals surface area contributed by atoms with Gasteiger partial charge in [0.05, 0.1) is 5.97 Å². The molecule has 0 saturated heterocycles. The Bertz CT molecular complexity index is 532. The summed E-state index contributed by atoms with van der Waals surface area (Å²) in [5, 5.41) is 20.3. The van der Waals surface area contributed by atoms with Gasteiger partial charge in [-0.05, 0) is 23.0 Å². The van der Waals surface area contributed by atoms with E-state index in [1.807, 2.05) is 0 Å². The van der Waals surface area contributed by atoms with Crippen LogP contribution in [0.4, 0.5) is 13.2 Å². The molecule has 0 saturated carbocycles. The van der Waals surface area contributed by atoms with Crippen molar-refractivity contribution in [1.29, 1.82) is 0 Å². The molecule has 0 aromatic heterocycles. The van der Waals surface area contributed by atoms with Crippen molar-refractivity contribution in [3.05, 3.63) is 42.0 Å². The first-order valence-electron chi connectivity index (χ1n) is 6.17. The van der Waals surface area contributed by atoms with Crippen LogP contribution in [0.15, 0.2) is 30.8 Å². The van der Waals surface area contributed by atoms with Crippen molar-refractivity contribution in [3.63, 3.8) is 0 Å². The van der Waals surface area contributed by atoms with Gasteiger partial charge in [-0.15, -0.1) is 0 Å². The van der Waals surface area contributed by atoms with E-state index in [1.165, 1.54) is 13.8 Å². The maximum absolute atomic E-state index is 12.8. The summed E-state index contributed by atoms with van der Waals surface area (Å²) in [6.45, 7) is 6.42. The number of halogens is 3. The molecule has 1 N–H and O–H groups in total. The van der Waals surface area contributed by atoms with Gasteiger partial charge in [-0.1, -0.05) is 50.8 Å². The van der Waals surface area contributed by atoms with Crippen molar-refractivity contribution in [1.82, 2.24) is 0 Å². The highest BCUT2D eigenvalue weighted by molar-refractivity contribution is 5.76. The molecule has 0 spiro atoms. The molecule has 0 aliphatic rings.